The zero-order valence-electron chi connectivity index (χ0n) is 14.7. The van der Waals surface area contributed by atoms with Gasteiger partial charge in [0.1, 0.15) is 0 Å². The van der Waals surface area contributed by atoms with Crippen molar-refractivity contribution in [3.8, 4) is 0 Å². The van der Waals surface area contributed by atoms with Crippen molar-refractivity contribution in [1.82, 2.24) is 0 Å². The van der Waals surface area contributed by atoms with Crippen molar-refractivity contribution >= 4 is 15.2 Å². The normalized spacial score (nSPS) is 15.7. The molecule has 22 heavy (non-hydrogen) atoms. The first kappa shape index (κ1) is 22.3. The van der Waals surface area contributed by atoms with Gasteiger partial charge < -0.3 is 18.1 Å². The van der Waals surface area contributed by atoms with Crippen LogP contribution in [0.1, 0.15) is 52.4 Å². The summed E-state index contributed by atoms with van der Waals surface area (Å²) in [4.78, 5) is 0. The summed E-state index contributed by atoms with van der Waals surface area (Å²) in [5.41, 5.74) is -1.00. The fraction of sp³-hybridized carbons (Fsp3) is 1.00. The van der Waals surface area contributed by atoms with Crippen molar-refractivity contribution in [2.45, 2.75) is 63.7 Å². The molecule has 0 aromatic rings. The predicted octanol–water partition coefficient (Wildman–Crippen LogP) is 5.08. The summed E-state index contributed by atoms with van der Waals surface area (Å²) in [6.45, 7) is 4.10. The van der Waals surface area contributed by atoms with Gasteiger partial charge in [0.05, 0.1) is 11.3 Å². The minimum Gasteiger partial charge on any atom is -0.312 e. The highest BCUT2D eigenvalue weighted by molar-refractivity contribution is 7.59. The topological polar surface area (TPSA) is 71.1 Å². The number of rotatable bonds is 13. The summed E-state index contributed by atoms with van der Waals surface area (Å²) in [6, 6.07) is 0. The van der Waals surface area contributed by atoms with Gasteiger partial charge in [-0.2, -0.15) is 0 Å². The fourth-order valence-electron chi connectivity index (χ4n) is 2.64. The van der Waals surface area contributed by atoms with Crippen LogP contribution in [-0.2, 0) is 27.2 Å². The summed E-state index contributed by atoms with van der Waals surface area (Å²) in [6.07, 6.45) is 4.76. The van der Waals surface area contributed by atoms with E-state index in [-0.39, 0.29) is 0 Å². The Balaban J connectivity index is 5.71. The van der Waals surface area contributed by atoms with Crippen LogP contribution >= 0.6 is 15.2 Å². The smallest absolute Gasteiger partial charge is 0.312 e. The molecule has 0 radical (unpaired) electrons. The van der Waals surface area contributed by atoms with E-state index in [0.29, 0.717) is 12.8 Å². The molecule has 0 aromatic carbocycles. The van der Waals surface area contributed by atoms with Crippen LogP contribution in [0, 0.1) is 0 Å². The molecular formula is C14H32O6P2. The van der Waals surface area contributed by atoms with Crippen LogP contribution in [0.15, 0.2) is 0 Å². The molecule has 0 saturated carbocycles. The second kappa shape index (κ2) is 11.0. The zero-order chi connectivity index (χ0) is 17.2. The Bertz CT molecular complexity index is 336. The highest BCUT2D eigenvalue weighted by atomic mass is 31.2. The van der Waals surface area contributed by atoms with Crippen LogP contribution < -0.4 is 0 Å². The number of hydrogen-bond acceptors (Lipinski definition) is 6. The maximum atomic E-state index is 13.0. The van der Waals surface area contributed by atoms with E-state index in [4.69, 9.17) is 18.1 Å². The predicted molar refractivity (Wildman–Crippen MR) is 89.9 cm³/mol. The first-order valence-electron chi connectivity index (χ1n) is 7.81. The molecule has 0 spiro atoms. The molecule has 0 aromatic heterocycles. The first-order valence-corrected chi connectivity index (χ1v) is 11.0. The summed E-state index contributed by atoms with van der Waals surface area (Å²) in [5.74, 6) is 0. The molecule has 0 fully saturated rings. The molecule has 0 aliphatic heterocycles. The first-order chi connectivity index (χ1) is 10.4. The molecule has 0 aliphatic rings. The van der Waals surface area contributed by atoms with Gasteiger partial charge in [-0.3, -0.25) is 9.13 Å². The third-order valence-electron chi connectivity index (χ3n) is 3.98. The van der Waals surface area contributed by atoms with Crippen molar-refractivity contribution in [3.05, 3.63) is 0 Å². The van der Waals surface area contributed by atoms with Crippen molar-refractivity contribution in [2.24, 2.45) is 0 Å². The van der Waals surface area contributed by atoms with Gasteiger partial charge in [-0.15, -0.1) is 0 Å². The molecule has 0 rings (SSSR count). The van der Waals surface area contributed by atoms with Gasteiger partial charge in [-0.05, 0) is 12.8 Å². The van der Waals surface area contributed by atoms with Crippen LogP contribution in [0.4, 0.5) is 0 Å². The largest absolute Gasteiger partial charge is 0.334 e. The quantitative estimate of drug-likeness (QED) is 0.428. The van der Waals surface area contributed by atoms with Crippen LogP contribution in [0.3, 0.4) is 0 Å². The number of hydrogen-bond donors (Lipinski definition) is 0. The fourth-order valence-corrected chi connectivity index (χ4v) is 7.14. The van der Waals surface area contributed by atoms with E-state index in [0.717, 1.165) is 25.7 Å². The lowest BCUT2D eigenvalue weighted by molar-refractivity contribution is 0.239. The van der Waals surface area contributed by atoms with Gasteiger partial charge >= 0.3 is 15.2 Å². The van der Waals surface area contributed by atoms with Gasteiger partial charge in [-0.1, -0.05) is 39.5 Å². The monoisotopic (exact) mass is 358 g/mol. The van der Waals surface area contributed by atoms with Gasteiger partial charge in [0.15, 0.2) is 0 Å². The lowest BCUT2D eigenvalue weighted by Crippen LogP contribution is -2.29. The van der Waals surface area contributed by atoms with Crippen molar-refractivity contribution < 1.29 is 27.2 Å². The molecule has 0 saturated heterocycles. The lowest BCUT2D eigenvalue weighted by Gasteiger charge is -2.34. The zero-order valence-corrected chi connectivity index (χ0v) is 16.5. The van der Waals surface area contributed by atoms with E-state index >= 15 is 0 Å². The van der Waals surface area contributed by atoms with E-state index in [1.165, 1.54) is 28.4 Å². The molecule has 0 amide bonds. The highest BCUT2D eigenvalue weighted by Crippen LogP contribution is 2.65. The van der Waals surface area contributed by atoms with E-state index in [2.05, 4.69) is 13.8 Å². The maximum Gasteiger partial charge on any atom is 0.334 e. The summed E-state index contributed by atoms with van der Waals surface area (Å²) >= 11 is 0. The maximum absolute atomic E-state index is 13.0. The summed E-state index contributed by atoms with van der Waals surface area (Å²) < 4.78 is 46.7. The Morgan fingerprint density at radius 3 is 1.14 bits per heavy atom. The second-order valence-electron chi connectivity index (χ2n) is 5.23. The van der Waals surface area contributed by atoms with E-state index in [1.54, 1.807) is 0 Å². The van der Waals surface area contributed by atoms with Crippen LogP contribution in [-0.4, -0.2) is 39.8 Å². The van der Waals surface area contributed by atoms with Crippen molar-refractivity contribution in [3.63, 3.8) is 0 Å². The second-order valence-corrected chi connectivity index (χ2v) is 10.2. The van der Waals surface area contributed by atoms with Crippen LogP contribution in [0.25, 0.3) is 0 Å². The van der Waals surface area contributed by atoms with E-state index in [9.17, 15) is 9.13 Å². The molecular weight excluding hydrogens is 326 g/mol. The minimum atomic E-state index is -3.37. The highest BCUT2D eigenvalue weighted by Gasteiger charge is 2.48. The molecule has 134 valence electrons. The molecule has 0 heterocycles. The summed E-state index contributed by atoms with van der Waals surface area (Å²) in [5, 5.41) is 0. The average Bonchev–Trinajstić information content (AvgIpc) is 2.56. The SMILES string of the molecule is CCCC[C@@H]([C@H](CCCC)P(=O)(OC)OC)P(=O)(OC)OC. The van der Waals surface area contributed by atoms with Gasteiger partial charge in [0.25, 0.3) is 0 Å². The van der Waals surface area contributed by atoms with E-state index < -0.39 is 26.5 Å². The third kappa shape index (κ3) is 5.74. The van der Waals surface area contributed by atoms with Crippen LogP contribution in [0.2, 0.25) is 0 Å². The Kier molecular flexibility index (Phi) is 11.1. The number of unbranched alkanes of at least 4 members (excludes halogenated alkanes) is 2. The molecule has 0 N–H and O–H groups in total. The summed E-state index contributed by atoms with van der Waals surface area (Å²) in [7, 11) is -1.28. The lowest BCUT2D eigenvalue weighted by atomic mass is 10.1. The molecule has 0 bridgehead atoms. The molecule has 8 heteroatoms. The van der Waals surface area contributed by atoms with Gasteiger partial charge in [0.2, 0.25) is 0 Å². The minimum absolute atomic E-state index is 0.500. The molecule has 6 nitrogen and oxygen atoms in total. The molecule has 0 aliphatic carbocycles. The van der Waals surface area contributed by atoms with E-state index in [1.807, 2.05) is 0 Å². The molecule has 0 unspecified atom stereocenters. The Labute approximate surface area is 135 Å². The van der Waals surface area contributed by atoms with Gasteiger partial charge in [-0.25, -0.2) is 0 Å². The third-order valence-corrected chi connectivity index (χ3v) is 9.11. The molecule has 2 atom stereocenters. The Hall–Kier alpha value is 0.300. The van der Waals surface area contributed by atoms with Crippen LogP contribution in [0.5, 0.6) is 0 Å². The van der Waals surface area contributed by atoms with Crippen molar-refractivity contribution in [2.75, 3.05) is 28.4 Å². The van der Waals surface area contributed by atoms with Crippen molar-refractivity contribution in [1.29, 1.82) is 0 Å². The van der Waals surface area contributed by atoms with Gasteiger partial charge in [0, 0.05) is 28.4 Å². The average molecular weight is 358 g/mol. The Morgan fingerprint density at radius 1 is 0.682 bits per heavy atom. The standard InChI is InChI=1S/C14H32O6P2/c1-7-9-11-13(21(15,17-3)18-4)14(12-10-8-2)22(16,19-5)20-6/h13-14H,7-12H2,1-6H3/t13-,14-/m0/s1. The Morgan fingerprint density at radius 2 is 0.955 bits per heavy atom.